The molecule has 3 rings (SSSR count). The molecule has 2 aliphatic rings. The number of hydrogen-bond donors (Lipinski definition) is 1. The van der Waals surface area contributed by atoms with Crippen LogP contribution in [-0.2, 0) is 4.79 Å². The van der Waals surface area contributed by atoms with Crippen LogP contribution in [0.2, 0.25) is 0 Å². The maximum atomic E-state index is 12.8. The summed E-state index contributed by atoms with van der Waals surface area (Å²) < 4.78 is 0. The van der Waals surface area contributed by atoms with Crippen LogP contribution in [0, 0.1) is 0 Å². The lowest BCUT2D eigenvalue weighted by Gasteiger charge is -2.28. The molecule has 1 heterocycles. The van der Waals surface area contributed by atoms with Crippen LogP contribution in [0.4, 0.5) is 5.69 Å². The fraction of sp³-hybridized carbons (Fsp3) is 0.529. The second kappa shape index (κ2) is 6.32. The first-order valence-electron chi connectivity index (χ1n) is 8.02. The van der Waals surface area contributed by atoms with Gasteiger partial charge in [-0.15, -0.1) is 11.8 Å². The fourth-order valence-corrected chi connectivity index (χ4v) is 4.22. The molecule has 2 amide bonds. The van der Waals surface area contributed by atoms with Crippen LogP contribution in [0.15, 0.2) is 23.1 Å². The zero-order chi connectivity index (χ0) is 15.7. The van der Waals surface area contributed by atoms with Crippen LogP contribution in [0.3, 0.4) is 0 Å². The van der Waals surface area contributed by atoms with Gasteiger partial charge in [0.2, 0.25) is 5.91 Å². The van der Waals surface area contributed by atoms with Crippen molar-refractivity contribution < 1.29 is 9.59 Å². The smallest absolute Gasteiger partial charge is 0.254 e. The summed E-state index contributed by atoms with van der Waals surface area (Å²) in [4.78, 5) is 27.6. The van der Waals surface area contributed by atoms with Crippen LogP contribution in [0.1, 0.15) is 49.9 Å². The van der Waals surface area contributed by atoms with Crippen molar-refractivity contribution >= 4 is 29.3 Å². The predicted octanol–water partition coefficient (Wildman–Crippen LogP) is 3.52. The molecule has 1 aliphatic carbocycles. The number of thioether (sulfide) groups is 1. The van der Waals surface area contributed by atoms with Crippen LogP contribution < -0.4 is 5.32 Å². The molecule has 0 aromatic heterocycles. The fourth-order valence-electron chi connectivity index (χ4n) is 3.29. The molecule has 1 aromatic carbocycles. The summed E-state index contributed by atoms with van der Waals surface area (Å²) in [5.74, 6) is 0.0836. The molecule has 22 heavy (non-hydrogen) atoms. The number of amides is 2. The van der Waals surface area contributed by atoms with Crippen LogP contribution in [-0.4, -0.2) is 34.6 Å². The monoisotopic (exact) mass is 318 g/mol. The molecule has 0 saturated heterocycles. The average molecular weight is 318 g/mol. The molecule has 1 fully saturated rings. The molecule has 0 spiro atoms. The number of anilines is 1. The van der Waals surface area contributed by atoms with Crippen LogP contribution in [0.5, 0.6) is 0 Å². The Morgan fingerprint density at radius 1 is 1.36 bits per heavy atom. The molecular formula is C17H22N2O2S. The van der Waals surface area contributed by atoms with Gasteiger partial charge in [0.05, 0.1) is 10.9 Å². The van der Waals surface area contributed by atoms with E-state index in [1.54, 1.807) is 11.8 Å². The van der Waals surface area contributed by atoms with Gasteiger partial charge in [-0.05, 0) is 44.9 Å². The number of nitrogens with one attached hydrogen (secondary N) is 1. The van der Waals surface area contributed by atoms with E-state index in [9.17, 15) is 9.59 Å². The molecule has 1 atom stereocenters. The minimum Gasteiger partial charge on any atom is -0.336 e. The third kappa shape index (κ3) is 2.86. The number of benzene rings is 1. The zero-order valence-corrected chi connectivity index (χ0v) is 13.9. The van der Waals surface area contributed by atoms with Gasteiger partial charge in [-0.2, -0.15) is 0 Å². The van der Waals surface area contributed by atoms with Gasteiger partial charge in [-0.1, -0.05) is 12.8 Å². The van der Waals surface area contributed by atoms with E-state index in [0.717, 1.165) is 30.0 Å². The largest absolute Gasteiger partial charge is 0.336 e. The van der Waals surface area contributed by atoms with Gasteiger partial charge in [0.15, 0.2) is 0 Å². The van der Waals surface area contributed by atoms with Gasteiger partial charge < -0.3 is 10.2 Å². The molecule has 1 aromatic rings. The van der Waals surface area contributed by atoms with Crippen molar-refractivity contribution in [1.82, 2.24) is 4.90 Å². The second-order valence-corrected chi connectivity index (χ2v) is 7.37. The molecule has 5 heteroatoms. The Bertz CT molecular complexity index is 596. The van der Waals surface area contributed by atoms with Gasteiger partial charge in [-0.3, -0.25) is 9.59 Å². The van der Waals surface area contributed by atoms with E-state index in [1.807, 2.05) is 36.9 Å². The molecule has 1 N–H and O–H groups in total. The molecule has 118 valence electrons. The highest BCUT2D eigenvalue weighted by molar-refractivity contribution is 8.00. The van der Waals surface area contributed by atoms with Crippen molar-refractivity contribution in [2.24, 2.45) is 0 Å². The average Bonchev–Trinajstić information content (AvgIpc) is 3.03. The number of hydrogen-bond acceptors (Lipinski definition) is 3. The third-order valence-electron chi connectivity index (χ3n) is 4.52. The van der Waals surface area contributed by atoms with Crippen LogP contribution in [0.25, 0.3) is 0 Å². The SMILES string of the molecule is CCN(C(=O)c1ccc2c(c1)NC(=O)C(C)S2)C1CCCC1. The highest BCUT2D eigenvalue weighted by atomic mass is 32.2. The Balaban J connectivity index is 1.84. The first-order valence-corrected chi connectivity index (χ1v) is 8.90. The van der Waals surface area contributed by atoms with Gasteiger partial charge in [-0.25, -0.2) is 0 Å². The van der Waals surface area contributed by atoms with E-state index in [2.05, 4.69) is 5.32 Å². The minimum absolute atomic E-state index is 0.00485. The summed E-state index contributed by atoms with van der Waals surface area (Å²) in [6, 6.07) is 6.03. The van der Waals surface area contributed by atoms with Crippen molar-refractivity contribution in [2.75, 3.05) is 11.9 Å². The molecule has 1 unspecified atom stereocenters. The quantitative estimate of drug-likeness (QED) is 0.927. The van der Waals surface area contributed by atoms with E-state index in [-0.39, 0.29) is 17.1 Å². The summed E-state index contributed by atoms with van der Waals surface area (Å²) in [6.45, 7) is 4.66. The lowest BCUT2D eigenvalue weighted by Crippen LogP contribution is -2.38. The van der Waals surface area contributed by atoms with Gasteiger partial charge in [0, 0.05) is 23.0 Å². The van der Waals surface area contributed by atoms with E-state index in [1.165, 1.54) is 12.8 Å². The van der Waals surface area contributed by atoms with Gasteiger partial charge in [0.1, 0.15) is 0 Å². The highest BCUT2D eigenvalue weighted by Gasteiger charge is 2.28. The minimum atomic E-state index is -0.0836. The Hall–Kier alpha value is -1.49. The summed E-state index contributed by atoms with van der Waals surface area (Å²) in [6.07, 6.45) is 4.63. The summed E-state index contributed by atoms with van der Waals surface area (Å²) in [7, 11) is 0. The van der Waals surface area contributed by atoms with Crippen molar-refractivity contribution in [2.45, 2.75) is 55.7 Å². The molecule has 1 aliphatic heterocycles. The third-order valence-corrected chi connectivity index (χ3v) is 5.70. The van der Waals surface area contributed by atoms with Crippen molar-refractivity contribution in [3.05, 3.63) is 23.8 Å². The van der Waals surface area contributed by atoms with Crippen molar-refractivity contribution in [1.29, 1.82) is 0 Å². The molecular weight excluding hydrogens is 296 g/mol. The first-order chi connectivity index (χ1) is 10.6. The Morgan fingerprint density at radius 2 is 2.09 bits per heavy atom. The lowest BCUT2D eigenvalue weighted by molar-refractivity contribution is -0.115. The molecule has 1 saturated carbocycles. The summed E-state index contributed by atoms with van der Waals surface area (Å²) in [5, 5.41) is 2.82. The highest BCUT2D eigenvalue weighted by Crippen LogP contribution is 2.36. The molecule has 4 nitrogen and oxygen atoms in total. The number of carbonyl (C=O) groups is 2. The van der Waals surface area contributed by atoms with E-state index in [0.29, 0.717) is 11.6 Å². The summed E-state index contributed by atoms with van der Waals surface area (Å²) >= 11 is 1.54. The number of rotatable bonds is 3. The van der Waals surface area contributed by atoms with Crippen molar-refractivity contribution in [3.8, 4) is 0 Å². The standard InChI is InChI=1S/C17H22N2O2S/c1-3-19(13-6-4-5-7-13)17(21)12-8-9-15-14(10-12)18-16(20)11(2)22-15/h8-11,13H,3-7H2,1-2H3,(H,18,20). The maximum Gasteiger partial charge on any atom is 0.254 e. The Kier molecular flexibility index (Phi) is 4.43. The Labute approximate surface area is 135 Å². The van der Waals surface area contributed by atoms with Gasteiger partial charge >= 0.3 is 0 Å². The maximum absolute atomic E-state index is 12.8. The Morgan fingerprint density at radius 3 is 2.77 bits per heavy atom. The lowest BCUT2D eigenvalue weighted by atomic mass is 10.1. The zero-order valence-electron chi connectivity index (χ0n) is 13.1. The molecule has 0 bridgehead atoms. The van der Waals surface area contributed by atoms with Crippen LogP contribution >= 0.6 is 11.8 Å². The topological polar surface area (TPSA) is 49.4 Å². The first kappa shape index (κ1) is 15.4. The number of nitrogens with zero attached hydrogens (tertiary/aromatic N) is 1. The van der Waals surface area contributed by atoms with Crippen molar-refractivity contribution in [3.63, 3.8) is 0 Å². The number of carbonyl (C=O) groups excluding carboxylic acids is 2. The van der Waals surface area contributed by atoms with E-state index < -0.39 is 0 Å². The second-order valence-electron chi connectivity index (χ2n) is 5.99. The summed E-state index contributed by atoms with van der Waals surface area (Å²) in [5.41, 5.74) is 1.43. The number of fused-ring (bicyclic) bond motifs is 1. The molecule has 0 radical (unpaired) electrons. The van der Waals surface area contributed by atoms with E-state index >= 15 is 0 Å². The van der Waals surface area contributed by atoms with Gasteiger partial charge in [0.25, 0.3) is 5.91 Å². The van der Waals surface area contributed by atoms with E-state index in [4.69, 9.17) is 0 Å². The normalized spacial score (nSPS) is 21.4. The predicted molar refractivity (Wildman–Crippen MR) is 89.4 cm³/mol.